The average molecular weight is 416 g/mol. The first kappa shape index (κ1) is 22.1. The van der Waals surface area contributed by atoms with E-state index in [1.807, 2.05) is 18.0 Å². The van der Waals surface area contributed by atoms with Crippen molar-refractivity contribution in [3.8, 4) is 0 Å². The number of fused-ring (bicyclic) bond motifs is 1. The molecular weight excluding hydrogens is 386 g/mol. The zero-order valence-electron chi connectivity index (χ0n) is 15.9. The van der Waals surface area contributed by atoms with Crippen LogP contribution in [0.25, 0.3) is 0 Å². The van der Waals surface area contributed by atoms with Crippen molar-refractivity contribution in [2.24, 2.45) is 0 Å². The Morgan fingerprint density at radius 1 is 1.19 bits per heavy atom. The Morgan fingerprint density at radius 3 is 2.67 bits per heavy atom. The number of aryl methyl sites for hydroxylation is 2. The van der Waals surface area contributed by atoms with Crippen molar-refractivity contribution < 1.29 is 13.2 Å². The smallest absolute Gasteiger partial charge is 0.240 e. The van der Waals surface area contributed by atoms with Crippen LogP contribution >= 0.6 is 12.4 Å². The molecule has 0 bridgehead atoms. The third-order valence-corrected chi connectivity index (χ3v) is 6.90. The van der Waals surface area contributed by atoms with E-state index in [0.717, 1.165) is 44.2 Å². The van der Waals surface area contributed by atoms with E-state index in [9.17, 15) is 13.2 Å². The molecule has 1 amide bonds. The Hall–Kier alpha value is -1.15. The van der Waals surface area contributed by atoms with Gasteiger partial charge in [-0.3, -0.25) is 4.79 Å². The number of halogens is 1. The Morgan fingerprint density at radius 2 is 1.93 bits per heavy atom. The Bertz CT molecular complexity index is 755. The first-order valence-corrected chi connectivity index (χ1v) is 11.0. The maximum absolute atomic E-state index is 12.5. The van der Waals surface area contributed by atoms with E-state index in [4.69, 9.17) is 0 Å². The number of carbonyl (C=O) groups excluding carboxylic acids is 1. The van der Waals surface area contributed by atoms with Gasteiger partial charge in [0.25, 0.3) is 0 Å². The molecule has 0 spiro atoms. The molecular formula is C19H30ClN3O3S. The van der Waals surface area contributed by atoms with Crippen LogP contribution in [0.1, 0.15) is 43.2 Å². The highest BCUT2D eigenvalue weighted by atomic mass is 35.5. The number of amides is 1. The Kier molecular flexibility index (Phi) is 8.09. The Labute approximate surface area is 168 Å². The van der Waals surface area contributed by atoms with Crippen molar-refractivity contribution in [3.63, 3.8) is 0 Å². The number of carbonyl (C=O) groups is 1. The molecule has 1 saturated heterocycles. The van der Waals surface area contributed by atoms with Crippen molar-refractivity contribution in [1.29, 1.82) is 0 Å². The SMILES string of the molecule is CNC1CCCN(C(=O)CCNS(=O)(=O)c2ccc3c(c2)CCCC3)C1.Cl. The highest BCUT2D eigenvalue weighted by molar-refractivity contribution is 7.89. The van der Waals surface area contributed by atoms with Gasteiger partial charge in [0.05, 0.1) is 4.90 Å². The van der Waals surface area contributed by atoms with E-state index in [2.05, 4.69) is 10.0 Å². The van der Waals surface area contributed by atoms with Crippen molar-refractivity contribution in [2.45, 2.75) is 55.9 Å². The molecule has 1 atom stereocenters. The minimum atomic E-state index is -3.57. The molecule has 152 valence electrons. The van der Waals surface area contributed by atoms with Crippen LogP contribution in [0.3, 0.4) is 0 Å². The molecule has 6 nitrogen and oxygen atoms in total. The summed E-state index contributed by atoms with van der Waals surface area (Å²) in [5.74, 6) is 0.0121. The summed E-state index contributed by atoms with van der Waals surface area (Å²) in [5.41, 5.74) is 2.40. The molecule has 1 heterocycles. The van der Waals surface area contributed by atoms with Crippen molar-refractivity contribution in [3.05, 3.63) is 29.3 Å². The third-order valence-electron chi connectivity index (χ3n) is 5.44. The third kappa shape index (κ3) is 5.67. The van der Waals surface area contributed by atoms with Gasteiger partial charge in [0, 0.05) is 32.1 Å². The van der Waals surface area contributed by atoms with Gasteiger partial charge in [-0.15, -0.1) is 12.4 Å². The number of nitrogens with one attached hydrogen (secondary N) is 2. The van der Waals surface area contributed by atoms with Crippen LogP contribution in [-0.2, 0) is 27.7 Å². The van der Waals surface area contributed by atoms with Crippen LogP contribution in [0.5, 0.6) is 0 Å². The van der Waals surface area contributed by atoms with Gasteiger partial charge in [0.1, 0.15) is 0 Å². The molecule has 3 rings (SSSR count). The molecule has 0 aromatic heterocycles. The number of piperidine rings is 1. The monoisotopic (exact) mass is 415 g/mol. The second-order valence-electron chi connectivity index (χ2n) is 7.25. The van der Waals surface area contributed by atoms with Crippen LogP contribution in [0.15, 0.2) is 23.1 Å². The molecule has 0 saturated carbocycles. The minimum absolute atomic E-state index is 0. The lowest BCUT2D eigenvalue weighted by Crippen LogP contribution is -2.47. The largest absolute Gasteiger partial charge is 0.341 e. The number of rotatable bonds is 6. The summed E-state index contributed by atoms with van der Waals surface area (Å²) in [4.78, 5) is 14.5. The summed E-state index contributed by atoms with van der Waals surface area (Å²) < 4.78 is 27.6. The fourth-order valence-electron chi connectivity index (χ4n) is 3.85. The van der Waals surface area contributed by atoms with E-state index < -0.39 is 10.0 Å². The molecule has 2 N–H and O–H groups in total. The van der Waals surface area contributed by atoms with Crippen molar-refractivity contribution >= 4 is 28.3 Å². The highest BCUT2D eigenvalue weighted by Crippen LogP contribution is 2.24. The number of likely N-dealkylation sites (N-methyl/N-ethyl adjacent to an activating group) is 1. The van der Waals surface area contributed by atoms with Crippen LogP contribution < -0.4 is 10.0 Å². The lowest BCUT2D eigenvalue weighted by atomic mass is 9.92. The van der Waals surface area contributed by atoms with Gasteiger partial charge < -0.3 is 10.2 Å². The van der Waals surface area contributed by atoms with Crippen LogP contribution in [-0.4, -0.2) is 51.9 Å². The summed E-state index contributed by atoms with van der Waals surface area (Å²) in [7, 11) is -1.66. The highest BCUT2D eigenvalue weighted by Gasteiger charge is 2.23. The van der Waals surface area contributed by atoms with E-state index in [-0.39, 0.29) is 31.3 Å². The number of hydrogen-bond donors (Lipinski definition) is 2. The van der Waals surface area contributed by atoms with Crippen molar-refractivity contribution in [1.82, 2.24) is 14.9 Å². The second kappa shape index (κ2) is 9.87. The van der Waals surface area contributed by atoms with Gasteiger partial charge in [0.15, 0.2) is 0 Å². The lowest BCUT2D eigenvalue weighted by molar-refractivity contribution is -0.132. The number of likely N-dealkylation sites (tertiary alicyclic amines) is 1. The standard InChI is InChI=1S/C19H29N3O3S.ClH/c1-20-17-7-4-12-22(14-17)19(23)10-11-21-26(24,25)18-9-8-15-5-2-3-6-16(15)13-18;/h8-9,13,17,20-21H,2-7,10-12,14H2,1H3;1H. The molecule has 8 heteroatoms. The maximum atomic E-state index is 12.5. The van der Waals surface area contributed by atoms with Gasteiger partial charge in [-0.05, 0) is 68.8 Å². The quantitative estimate of drug-likeness (QED) is 0.743. The molecule has 1 aromatic carbocycles. The van der Waals surface area contributed by atoms with Gasteiger partial charge in [0.2, 0.25) is 15.9 Å². The molecule has 1 fully saturated rings. The predicted octanol–water partition coefficient (Wildman–Crippen LogP) is 1.87. The van der Waals surface area contributed by atoms with Crippen molar-refractivity contribution in [2.75, 3.05) is 26.7 Å². The molecule has 1 aromatic rings. The summed E-state index contributed by atoms with van der Waals surface area (Å²) in [6, 6.07) is 5.73. The first-order chi connectivity index (χ1) is 12.5. The maximum Gasteiger partial charge on any atom is 0.240 e. The fraction of sp³-hybridized carbons (Fsp3) is 0.632. The number of sulfonamides is 1. The summed E-state index contributed by atoms with van der Waals surface area (Å²) >= 11 is 0. The van der Waals surface area contributed by atoms with Crippen LogP contribution in [0, 0.1) is 0 Å². The Balaban J connectivity index is 0.00000261. The van der Waals surface area contributed by atoms with Gasteiger partial charge in [-0.1, -0.05) is 6.07 Å². The molecule has 1 aliphatic carbocycles. The van der Waals surface area contributed by atoms with E-state index in [0.29, 0.717) is 17.5 Å². The topological polar surface area (TPSA) is 78.5 Å². The molecule has 0 radical (unpaired) electrons. The number of benzene rings is 1. The fourth-order valence-corrected chi connectivity index (χ4v) is 4.93. The zero-order chi connectivity index (χ0) is 18.6. The number of hydrogen-bond acceptors (Lipinski definition) is 4. The van der Waals surface area contributed by atoms with E-state index in [1.165, 1.54) is 12.0 Å². The second-order valence-corrected chi connectivity index (χ2v) is 9.02. The van der Waals surface area contributed by atoms with Gasteiger partial charge in [-0.2, -0.15) is 0 Å². The normalized spacial score (nSPS) is 19.9. The summed E-state index contributed by atoms with van der Waals surface area (Å²) in [6.45, 7) is 1.60. The van der Waals surface area contributed by atoms with Gasteiger partial charge >= 0.3 is 0 Å². The lowest BCUT2D eigenvalue weighted by Gasteiger charge is -2.32. The summed E-state index contributed by atoms with van der Waals surface area (Å²) in [5, 5.41) is 3.21. The van der Waals surface area contributed by atoms with Gasteiger partial charge in [-0.25, -0.2) is 13.1 Å². The molecule has 27 heavy (non-hydrogen) atoms. The van der Waals surface area contributed by atoms with E-state index in [1.54, 1.807) is 12.1 Å². The molecule has 1 aliphatic heterocycles. The summed E-state index contributed by atoms with van der Waals surface area (Å²) in [6.07, 6.45) is 6.51. The predicted molar refractivity (Wildman–Crippen MR) is 109 cm³/mol. The molecule has 1 unspecified atom stereocenters. The van der Waals surface area contributed by atoms with Crippen LogP contribution in [0.2, 0.25) is 0 Å². The van der Waals surface area contributed by atoms with Crippen LogP contribution in [0.4, 0.5) is 0 Å². The minimum Gasteiger partial charge on any atom is -0.341 e. The molecule has 2 aliphatic rings. The average Bonchev–Trinajstić information content (AvgIpc) is 2.67. The van der Waals surface area contributed by atoms with E-state index >= 15 is 0 Å². The number of nitrogens with zero attached hydrogens (tertiary/aromatic N) is 1. The first-order valence-electron chi connectivity index (χ1n) is 9.56. The zero-order valence-corrected chi connectivity index (χ0v) is 17.5.